The van der Waals surface area contributed by atoms with Crippen LogP contribution < -0.4 is 10.1 Å². The van der Waals surface area contributed by atoms with Crippen molar-refractivity contribution in [2.45, 2.75) is 6.92 Å². The quantitative estimate of drug-likeness (QED) is 0.902. The molecule has 0 aliphatic carbocycles. The summed E-state index contributed by atoms with van der Waals surface area (Å²) in [7, 11) is 0. The number of nitrogens with zero attached hydrogens (tertiary/aromatic N) is 1. The number of ether oxygens (including phenoxy) is 1. The summed E-state index contributed by atoms with van der Waals surface area (Å²) in [5, 5.41) is 12.5. The smallest absolute Gasteiger partial charge is 0.167 e. The molecule has 1 N–H and O–H groups in total. The summed E-state index contributed by atoms with van der Waals surface area (Å²) < 4.78 is 18.9. The van der Waals surface area contributed by atoms with Crippen molar-refractivity contribution in [3.63, 3.8) is 0 Å². The summed E-state index contributed by atoms with van der Waals surface area (Å²) in [4.78, 5) is 0. The lowest BCUT2D eigenvalue weighted by Gasteiger charge is -2.10. The van der Waals surface area contributed by atoms with E-state index in [1.54, 1.807) is 37.3 Å². The lowest BCUT2D eigenvalue weighted by atomic mass is 10.2. The van der Waals surface area contributed by atoms with Gasteiger partial charge in [-0.1, -0.05) is 11.6 Å². The summed E-state index contributed by atoms with van der Waals surface area (Å²) >= 11 is 5.82. The first-order chi connectivity index (χ1) is 9.63. The highest BCUT2D eigenvalue weighted by Gasteiger charge is 2.07. The third-order valence-electron chi connectivity index (χ3n) is 2.61. The number of nitrogens with one attached hydrogen (secondary N) is 1. The molecule has 0 heterocycles. The zero-order chi connectivity index (χ0) is 14.5. The zero-order valence-corrected chi connectivity index (χ0v) is 11.5. The summed E-state index contributed by atoms with van der Waals surface area (Å²) in [5.74, 6) is -0.251. The van der Waals surface area contributed by atoms with Gasteiger partial charge in [0.05, 0.1) is 17.9 Å². The molecule has 0 radical (unpaired) electrons. The Balaban J connectivity index is 2.27. The molecule has 0 spiro atoms. The van der Waals surface area contributed by atoms with Crippen LogP contribution in [-0.2, 0) is 0 Å². The SMILES string of the molecule is CCOc1ccc(Nc2ccc(Cl)cc2C#N)cc1F. The second kappa shape index (κ2) is 6.27. The van der Waals surface area contributed by atoms with Crippen molar-refractivity contribution in [3.8, 4) is 11.8 Å². The summed E-state index contributed by atoms with van der Waals surface area (Å²) in [5.41, 5.74) is 1.50. The van der Waals surface area contributed by atoms with Gasteiger partial charge in [-0.25, -0.2) is 4.39 Å². The molecule has 2 aromatic carbocycles. The second-order valence-electron chi connectivity index (χ2n) is 4.00. The molecule has 0 bridgehead atoms. The summed E-state index contributed by atoms with van der Waals surface area (Å²) in [6, 6.07) is 11.5. The van der Waals surface area contributed by atoms with E-state index >= 15 is 0 Å². The molecule has 2 aromatic rings. The van der Waals surface area contributed by atoms with Crippen LogP contribution in [0.25, 0.3) is 0 Å². The number of hydrogen-bond acceptors (Lipinski definition) is 3. The third-order valence-corrected chi connectivity index (χ3v) is 2.85. The van der Waals surface area contributed by atoms with E-state index in [1.165, 1.54) is 6.07 Å². The zero-order valence-electron chi connectivity index (χ0n) is 10.8. The Labute approximate surface area is 121 Å². The first-order valence-corrected chi connectivity index (χ1v) is 6.41. The molecule has 0 amide bonds. The normalized spacial score (nSPS) is 9.90. The Kier molecular flexibility index (Phi) is 4.44. The van der Waals surface area contributed by atoms with Crippen LogP contribution in [0.3, 0.4) is 0 Å². The van der Waals surface area contributed by atoms with Gasteiger partial charge in [-0.3, -0.25) is 0 Å². The highest BCUT2D eigenvalue weighted by atomic mass is 35.5. The lowest BCUT2D eigenvalue weighted by molar-refractivity contribution is 0.321. The van der Waals surface area contributed by atoms with Crippen molar-refractivity contribution < 1.29 is 9.13 Å². The van der Waals surface area contributed by atoms with E-state index < -0.39 is 5.82 Å². The first-order valence-electron chi connectivity index (χ1n) is 6.03. The fraction of sp³-hybridized carbons (Fsp3) is 0.133. The number of anilines is 2. The van der Waals surface area contributed by atoms with Crippen molar-refractivity contribution in [1.29, 1.82) is 5.26 Å². The van der Waals surface area contributed by atoms with Crippen LogP contribution in [0.15, 0.2) is 36.4 Å². The minimum atomic E-state index is -0.454. The average molecular weight is 291 g/mol. The molecular formula is C15H12ClFN2O. The van der Waals surface area contributed by atoms with Crippen LogP contribution in [0.4, 0.5) is 15.8 Å². The van der Waals surface area contributed by atoms with Crippen LogP contribution in [0.1, 0.15) is 12.5 Å². The van der Waals surface area contributed by atoms with Gasteiger partial charge in [0.25, 0.3) is 0 Å². The third kappa shape index (κ3) is 3.19. The summed E-state index contributed by atoms with van der Waals surface area (Å²) in [6.07, 6.45) is 0. The van der Waals surface area contributed by atoms with Crippen LogP contribution in [-0.4, -0.2) is 6.61 Å². The fourth-order valence-corrected chi connectivity index (χ4v) is 1.90. The lowest BCUT2D eigenvalue weighted by Crippen LogP contribution is -1.97. The average Bonchev–Trinajstić information content (AvgIpc) is 2.44. The molecule has 0 unspecified atom stereocenters. The van der Waals surface area contributed by atoms with Crippen molar-refractivity contribution in [2.75, 3.05) is 11.9 Å². The minimum absolute atomic E-state index is 0.203. The topological polar surface area (TPSA) is 45.0 Å². The molecule has 0 atom stereocenters. The van der Waals surface area contributed by atoms with Gasteiger partial charge in [-0.15, -0.1) is 0 Å². The maximum absolute atomic E-state index is 13.7. The van der Waals surface area contributed by atoms with Gasteiger partial charge >= 0.3 is 0 Å². The van der Waals surface area contributed by atoms with Gasteiger partial charge in [0.2, 0.25) is 0 Å². The van der Waals surface area contributed by atoms with E-state index in [0.29, 0.717) is 28.6 Å². The molecule has 0 saturated carbocycles. The van der Waals surface area contributed by atoms with Crippen LogP contribution >= 0.6 is 11.6 Å². The molecule has 3 nitrogen and oxygen atoms in total. The van der Waals surface area contributed by atoms with E-state index in [4.69, 9.17) is 21.6 Å². The molecule has 0 saturated heterocycles. The van der Waals surface area contributed by atoms with Crippen LogP contribution in [0.5, 0.6) is 5.75 Å². The first kappa shape index (κ1) is 14.2. The van der Waals surface area contributed by atoms with Gasteiger partial charge in [0, 0.05) is 16.8 Å². The Morgan fingerprint density at radius 2 is 2.10 bits per heavy atom. The van der Waals surface area contributed by atoms with E-state index in [2.05, 4.69) is 5.32 Å². The van der Waals surface area contributed by atoms with E-state index in [0.717, 1.165) is 0 Å². The van der Waals surface area contributed by atoms with E-state index in [-0.39, 0.29) is 5.75 Å². The molecule has 0 aliphatic heterocycles. The highest BCUT2D eigenvalue weighted by Crippen LogP contribution is 2.26. The van der Waals surface area contributed by atoms with E-state index in [9.17, 15) is 4.39 Å². The van der Waals surface area contributed by atoms with Crippen molar-refractivity contribution >= 4 is 23.0 Å². The molecule has 20 heavy (non-hydrogen) atoms. The highest BCUT2D eigenvalue weighted by molar-refractivity contribution is 6.30. The fourth-order valence-electron chi connectivity index (χ4n) is 1.72. The Morgan fingerprint density at radius 3 is 2.75 bits per heavy atom. The second-order valence-corrected chi connectivity index (χ2v) is 4.44. The largest absolute Gasteiger partial charge is 0.491 e. The molecular weight excluding hydrogens is 279 g/mol. The van der Waals surface area contributed by atoms with Gasteiger partial charge in [-0.2, -0.15) is 5.26 Å². The van der Waals surface area contributed by atoms with Gasteiger partial charge in [0.1, 0.15) is 6.07 Å². The maximum atomic E-state index is 13.7. The Bertz CT molecular complexity index is 667. The molecule has 2 rings (SSSR count). The van der Waals surface area contributed by atoms with Crippen LogP contribution in [0, 0.1) is 17.1 Å². The van der Waals surface area contributed by atoms with Gasteiger partial charge in [0.15, 0.2) is 11.6 Å². The van der Waals surface area contributed by atoms with Crippen molar-refractivity contribution in [2.24, 2.45) is 0 Å². The Hall–Kier alpha value is -2.25. The molecule has 102 valence electrons. The number of halogens is 2. The van der Waals surface area contributed by atoms with Gasteiger partial charge in [-0.05, 0) is 37.3 Å². The molecule has 0 aromatic heterocycles. The molecule has 0 fully saturated rings. The molecule has 0 aliphatic rings. The summed E-state index contributed by atoms with van der Waals surface area (Å²) in [6.45, 7) is 2.19. The van der Waals surface area contributed by atoms with Gasteiger partial charge < -0.3 is 10.1 Å². The minimum Gasteiger partial charge on any atom is -0.491 e. The molecule has 5 heteroatoms. The van der Waals surface area contributed by atoms with Crippen LogP contribution in [0.2, 0.25) is 5.02 Å². The number of hydrogen-bond donors (Lipinski definition) is 1. The monoisotopic (exact) mass is 290 g/mol. The van der Waals surface area contributed by atoms with Crippen molar-refractivity contribution in [3.05, 3.63) is 52.8 Å². The maximum Gasteiger partial charge on any atom is 0.167 e. The number of nitriles is 1. The van der Waals surface area contributed by atoms with Crippen molar-refractivity contribution in [1.82, 2.24) is 0 Å². The predicted molar refractivity (Wildman–Crippen MR) is 77.0 cm³/mol. The number of benzene rings is 2. The number of rotatable bonds is 4. The predicted octanol–water partition coefficient (Wildman–Crippen LogP) is 4.49. The van der Waals surface area contributed by atoms with E-state index in [1.807, 2.05) is 6.07 Å². The standard InChI is InChI=1S/C15H12ClFN2O/c1-2-20-15-6-4-12(8-13(15)17)19-14-5-3-11(16)7-10(14)9-18/h3-8,19H,2H2,1H3. The Morgan fingerprint density at radius 1 is 1.30 bits per heavy atom.